The van der Waals surface area contributed by atoms with Crippen LogP contribution in [0, 0.1) is 5.82 Å². The van der Waals surface area contributed by atoms with Crippen LogP contribution >= 0.6 is 0 Å². The second-order valence-corrected chi connectivity index (χ2v) is 7.66. The first-order valence-electron chi connectivity index (χ1n) is 10.1. The van der Waals surface area contributed by atoms with Gasteiger partial charge in [0.2, 0.25) is 11.0 Å². The Morgan fingerprint density at radius 2 is 1.89 bits per heavy atom. The topological polar surface area (TPSA) is 35.4 Å². The highest BCUT2D eigenvalue weighted by Gasteiger charge is 2.36. The lowest BCUT2D eigenvalue weighted by Gasteiger charge is -2.25. The SMILES string of the molecule is CCN(C)c1cc2c(cc1C1CCCC1)=C(C(=O)NC)[N+]=2c1ccc(F)cc1. The first kappa shape index (κ1) is 18.7. The van der Waals surface area contributed by atoms with Gasteiger partial charge >= 0.3 is 5.91 Å². The van der Waals surface area contributed by atoms with Gasteiger partial charge in [0.15, 0.2) is 0 Å². The second kappa shape index (κ2) is 7.38. The van der Waals surface area contributed by atoms with Crippen LogP contribution in [0.2, 0.25) is 0 Å². The number of fused-ring (bicyclic) bond motifs is 1. The van der Waals surface area contributed by atoms with Crippen molar-refractivity contribution >= 4 is 23.0 Å². The molecule has 2 aromatic carbocycles. The third-order valence-corrected chi connectivity index (χ3v) is 6.07. The normalized spacial score (nSPS) is 16.0. The molecule has 0 atom stereocenters. The zero-order chi connectivity index (χ0) is 19.8. The zero-order valence-electron chi connectivity index (χ0n) is 16.8. The molecule has 4 nitrogen and oxygen atoms in total. The number of rotatable bonds is 5. The molecule has 0 aromatic heterocycles. The third-order valence-electron chi connectivity index (χ3n) is 6.07. The van der Waals surface area contributed by atoms with Crippen molar-refractivity contribution in [2.24, 2.45) is 0 Å². The van der Waals surface area contributed by atoms with E-state index in [0.29, 0.717) is 11.6 Å². The highest BCUT2D eigenvalue weighted by molar-refractivity contribution is 6.15. The summed E-state index contributed by atoms with van der Waals surface area (Å²) in [7, 11) is 3.76. The Kier molecular flexibility index (Phi) is 4.92. The minimum absolute atomic E-state index is 0.120. The predicted molar refractivity (Wildman–Crippen MR) is 111 cm³/mol. The van der Waals surface area contributed by atoms with Gasteiger partial charge in [0.25, 0.3) is 5.70 Å². The lowest BCUT2D eigenvalue weighted by atomic mass is 9.92. The van der Waals surface area contributed by atoms with Gasteiger partial charge in [-0.05, 0) is 49.4 Å². The van der Waals surface area contributed by atoms with Crippen molar-refractivity contribution in [2.45, 2.75) is 38.5 Å². The lowest BCUT2D eigenvalue weighted by molar-refractivity contribution is -0.115. The van der Waals surface area contributed by atoms with Crippen molar-refractivity contribution in [1.82, 2.24) is 9.89 Å². The van der Waals surface area contributed by atoms with Crippen LogP contribution in [-0.2, 0) is 4.79 Å². The molecule has 1 saturated carbocycles. The highest BCUT2D eigenvalue weighted by Crippen LogP contribution is 2.38. The Hall–Kier alpha value is -2.69. The van der Waals surface area contributed by atoms with Crippen LogP contribution in [0.3, 0.4) is 0 Å². The number of anilines is 1. The molecule has 1 heterocycles. The van der Waals surface area contributed by atoms with Crippen molar-refractivity contribution in [1.29, 1.82) is 0 Å². The van der Waals surface area contributed by atoms with Crippen LogP contribution in [0.4, 0.5) is 15.8 Å². The molecule has 1 fully saturated rings. The van der Waals surface area contributed by atoms with Crippen LogP contribution in [0.1, 0.15) is 44.1 Å². The van der Waals surface area contributed by atoms with Crippen molar-refractivity contribution in [3.05, 3.63) is 58.4 Å². The third kappa shape index (κ3) is 2.99. The zero-order valence-corrected chi connectivity index (χ0v) is 16.8. The molecule has 0 unspecified atom stereocenters. The number of amides is 1. The Labute approximate surface area is 165 Å². The summed E-state index contributed by atoms with van der Waals surface area (Å²) in [6.07, 6.45) is 4.95. The molecule has 4 rings (SSSR count). The van der Waals surface area contributed by atoms with E-state index in [2.05, 4.69) is 36.3 Å². The number of hydrogen-bond acceptors (Lipinski definition) is 2. The Morgan fingerprint density at radius 3 is 2.50 bits per heavy atom. The van der Waals surface area contributed by atoms with E-state index >= 15 is 0 Å². The summed E-state index contributed by atoms with van der Waals surface area (Å²) in [5, 5.41) is 4.74. The second-order valence-electron chi connectivity index (χ2n) is 7.66. The summed E-state index contributed by atoms with van der Waals surface area (Å²) in [4.78, 5) is 14.9. The number of nitrogens with one attached hydrogen (secondary N) is 1. The van der Waals surface area contributed by atoms with Gasteiger partial charge in [0.05, 0.1) is 0 Å². The molecule has 0 spiro atoms. The van der Waals surface area contributed by atoms with Gasteiger partial charge in [-0.3, -0.25) is 4.79 Å². The largest absolute Gasteiger partial charge is 0.374 e. The maximum absolute atomic E-state index is 13.4. The molecule has 1 aliphatic carbocycles. The monoisotopic (exact) mass is 380 g/mol. The van der Waals surface area contributed by atoms with Crippen LogP contribution in [0.15, 0.2) is 36.4 Å². The van der Waals surface area contributed by atoms with E-state index in [1.54, 1.807) is 19.2 Å². The van der Waals surface area contributed by atoms with E-state index in [1.807, 2.05) is 4.58 Å². The summed E-state index contributed by atoms with van der Waals surface area (Å²) in [6.45, 7) is 3.07. The first-order chi connectivity index (χ1) is 13.5. The minimum atomic E-state index is -0.283. The number of likely N-dealkylation sites (N-methyl/N-ethyl adjacent to an activating group) is 1. The summed E-state index contributed by atoms with van der Waals surface area (Å²) < 4.78 is 15.3. The molecule has 2 aliphatic rings. The van der Waals surface area contributed by atoms with Crippen molar-refractivity contribution < 1.29 is 9.18 Å². The van der Waals surface area contributed by atoms with Crippen molar-refractivity contribution in [3.8, 4) is 0 Å². The molecule has 1 N–H and O–H groups in total. The van der Waals surface area contributed by atoms with Crippen LogP contribution < -0.4 is 25.4 Å². The van der Waals surface area contributed by atoms with Gasteiger partial charge in [-0.25, -0.2) is 4.39 Å². The summed E-state index contributed by atoms with van der Waals surface area (Å²) in [6, 6.07) is 10.7. The maximum atomic E-state index is 13.4. The average molecular weight is 380 g/mol. The number of hydrogen-bond donors (Lipinski definition) is 1. The van der Waals surface area contributed by atoms with Crippen LogP contribution in [-0.4, -0.2) is 26.5 Å². The van der Waals surface area contributed by atoms with Gasteiger partial charge < -0.3 is 10.2 Å². The van der Waals surface area contributed by atoms with Crippen molar-refractivity contribution in [2.75, 3.05) is 25.5 Å². The van der Waals surface area contributed by atoms with E-state index in [9.17, 15) is 9.18 Å². The number of carbonyl (C=O) groups excluding carboxylic acids is 1. The Morgan fingerprint density at radius 1 is 1.21 bits per heavy atom. The molecular weight excluding hydrogens is 353 g/mol. The maximum Gasteiger partial charge on any atom is 0.317 e. The van der Waals surface area contributed by atoms with E-state index in [4.69, 9.17) is 0 Å². The van der Waals surface area contributed by atoms with E-state index < -0.39 is 0 Å². The molecule has 0 radical (unpaired) electrons. The van der Waals surface area contributed by atoms with Crippen molar-refractivity contribution in [3.63, 3.8) is 0 Å². The molecule has 0 bridgehead atoms. The highest BCUT2D eigenvalue weighted by atomic mass is 19.1. The number of carbonyl (C=O) groups is 1. The summed E-state index contributed by atoms with van der Waals surface area (Å²) >= 11 is 0. The summed E-state index contributed by atoms with van der Waals surface area (Å²) in [5.74, 6) is 0.153. The molecule has 1 aliphatic heterocycles. The van der Waals surface area contributed by atoms with E-state index in [1.165, 1.54) is 49.1 Å². The van der Waals surface area contributed by atoms with Gasteiger partial charge in [0.1, 0.15) is 11.0 Å². The first-order valence-corrected chi connectivity index (χ1v) is 10.1. The van der Waals surface area contributed by atoms with Crippen LogP contribution in [0.25, 0.3) is 5.70 Å². The number of nitrogens with zero attached hydrogens (tertiary/aromatic N) is 2. The van der Waals surface area contributed by atoms with E-state index in [0.717, 1.165) is 22.8 Å². The molecule has 0 saturated heterocycles. The summed E-state index contributed by atoms with van der Waals surface area (Å²) in [5.41, 5.74) is 4.01. The quantitative estimate of drug-likeness (QED) is 0.810. The fourth-order valence-electron chi connectivity index (χ4n) is 4.42. The number of halogens is 1. The fraction of sp³-hybridized carbons (Fsp3) is 0.391. The van der Waals surface area contributed by atoms with Crippen LogP contribution in [0.5, 0.6) is 0 Å². The molecule has 28 heavy (non-hydrogen) atoms. The predicted octanol–water partition coefficient (Wildman–Crippen LogP) is 2.63. The Balaban J connectivity index is 1.97. The molecular formula is C23H27FN3O+. The average Bonchev–Trinajstić information content (AvgIpc) is 3.24. The van der Waals surface area contributed by atoms with Gasteiger partial charge in [0, 0.05) is 44.5 Å². The fourth-order valence-corrected chi connectivity index (χ4v) is 4.42. The lowest BCUT2D eigenvalue weighted by Crippen LogP contribution is -2.54. The number of benzene rings is 2. The Bertz CT molecular complexity index is 1040. The van der Waals surface area contributed by atoms with E-state index in [-0.39, 0.29) is 11.7 Å². The molecule has 1 amide bonds. The molecule has 146 valence electrons. The van der Waals surface area contributed by atoms with Gasteiger partial charge in [-0.15, -0.1) is 4.58 Å². The molecule has 2 aromatic rings. The standard InChI is InChI=1S/C23H26FN3O/c1-4-26(3)20-14-21-19(13-18(20)15-7-5-6-8-15)22(23(28)25-2)27(21)17-11-9-16(24)10-12-17/h9-15H,4-8H2,1-3H3/p+1. The minimum Gasteiger partial charge on any atom is -0.374 e. The van der Waals surface area contributed by atoms with Gasteiger partial charge in [-0.2, -0.15) is 0 Å². The van der Waals surface area contributed by atoms with Gasteiger partial charge in [-0.1, -0.05) is 12.8 Å². The molecule has 5 heteroatoms. The smallest absolute Gasteiger partial charge is 0.317 e.